The molecule has 42 nitrogen and oxygen atoms in total. The molecule has 3 aromatic heterocycles. The number of fused-ring (bicyclic) bond motifs is 4. The standard InChI is InChI=1S/C89H120N20O22S2/c1-7-9-19-67-83(125)98-59(29-30-90)80(122)104-66(79(121)95-41-74(92)115)45-132-46-75(116)97-62(32-49-23-25-54(111)26-24-49)85(127)105(4)48(3)77(119)101-64(38-73(91)114)88(130)108-31-15-21-68(108)84(126)100-61(36-53-40-93-47-96-53)81(123)99-60(27-28-76(117)118)87(129)109-42-55(112)37-70(109)71(113)35-50(33-52-44-133-72-22-14-12-17-57(52)72)78(120)103-65(43-110)82(124)102-63(34-51-39-94-58-18-13-11-16-56(51)58)86(128)107(6)69(20-10-8-2)89(131)106(67)5/h11-14,16-18,22-26,39-40,44,47-48,50,55,59-70,94,110-112H,7-10,15,19-21,27-38,41-43,45-46,90H2,1-6H3,(H2,91,114)(H2,92,115)(H,93,96)(H,95,121)(H,97,116)(H,98,125)(H,99,123)(H,100,126)(H,101,119)(H,102,124)(H,103,120)(H,104,122)(H,117,118)/t48-,50+,55+,59-,60-,61-,62-,63-,64-,65-,66-,67-,68-,69-,70-/m0/s1. The molecule has 0 spiro atoms. The number of phenols is 1. The average Bonchev–Trinajstić information content (AvgIpc) is 1.66. The van der Waals surface area contributed by atoms with Gasteiger partial charge in [0.1, 0.15) is 78.3 Å². The molecular weight excluding hydrogens is 1770 g/mol. The number of aromatic amines is 2. The summed E-state index contributed by atoms with van der Waals surface area (Å²) in [5.74, 6) is -20.4. The van der Waals surface area contributed by atoms with Gasteiger partial charge >= 0.3 is 5.97 Å². The number of benzene rings is 3. The number of para-hydroxylation sites is 1. The third-order valence-corrected chi connectivity index (χ3v) is 26.0. The van der Waals surface area contributed by atoms with Gasteiger partial charge in [0.25, 0.3) is 0 Å². The van der Waals surface area contributed by atoms with Gasteiger partial charge in [0.05, 0.1) is 43.8 Å². The van der Waals surface area contributed by atoms with Gasteiger partial charge in [-0.2, -0.15) is 0 Å². The zero-order valence-corrected chi connectivity index (χ0v) is 76.6. The molecule has 21 N–H and O–H groups in total. The first kappa shape index (κ1) is 104. The number of carboxylic acids is 1. The Balaban J connectivity index is 1.09. The lowest BCUT2D eigenvalue weighted by Gasteiger charge is -2.36. The highest BCUT2D eigenvalue weighted by molar-refractivity contribution is 8.00. The van der Waals surface area contributed by atoms with Crippen molar-refractivity contribution in [1.82, 2.24) is 87.3 Å². The van der Waals surface area contributed by atoms with Gasteiger partial charge in [-0.05, 0) is 110 Å². The first-order valence-electron chi connectivity index (χ1n) is 44.2. The third kappa shape index (κ3) is 28.5. The number of nitrogens with two attached hydrogens (primary N) is 3. The summed E-state index contributed by atoms with van der Waals surface area (Å²) in [6.07, 6.45) is -0.368. The number of imidazole rings is 1. The number of aliphatic carboxylic acids is 1. The predicted octanol–water partition coefficient (Wildman–Crippen LogP) is -2.20. The quantitative estimate of drug-likeness (QED) is 0.0289. The Kier molecular flexibility index (Phi) is 38.6. The van der Waals surface area contributed by atoms with Crippen LogP contribution in [0.15, 0.2) is 96.9 Å². The summed E-state index contributed by atoms with van der Waals surface area (Å²) in [5, 5.41) is 69.3. The first-order valence-corrected chi connectivity index (χ1v) is 46.2. The minimum absolute atomic E-state index is 0.00641. The van der Waals surface area contributed by atoms with E-state index in [4.69, 9.17) is 17.2 Å². The zero-order valence-electron chi connectivity index (χ0n) is 74.9. The number of Topliss-reactive ketones (excluding diaryl/α,β-unsaturated/α-hetero) is 1. The molecule has 0 unspecified atom stereocenters. The molecule has 3 aliphatic rings. The fourth-order valence-electron chi connectivity index (χ4n) is 16.4. The Morgan fingerprint density at radius 3 is 1.87 bits per heavy atom. The number of primary amides is 2. The number of aliphatic hydroxyl groups excluding tert-OH is 2. The van der Waals surface area contributed by atoms with Crippen molar-refractivity contribution in [2.45, 2.75) is 221 Å². The topological polar surface area (TPSA) is 635 Å². The van der Waals surface area contributed by atoms with Crippen LogP contribution in [0.25, 0.3) is 21.0 Å². The molecule has 16 amide bonds. The summed E-state index contributed by atoms with van der Waals surface area (Å²) in [6.45, 7) is 2.14. The van der Waals surface area contributed by atoms with Crippen LogP contribution in [0.5, 0.6) is 5.75 Å². The van der Waals surface area contributed by atoms with E-state index in [2.05, 4.69) is 62.8 Å². The highest BCUT2D eigenvalue weighted by atomic mass is 32.2. The van der Waals surface area contributed by atoms with Gasteiger partial charge in [0.15, 0.2) is 5.78 Å². The number of phenolic OH excluding ortho intramolecular Hbond substituents is 1. The minimum Gasteiger partial charge on any atom is -0.508 e. The summed E-state index contributed by atoms with van der Waals surface area (Å²) in [7, 11) is 3.88. The van der Waals surface area contributed by atoms with Gasteiger partial charge < -0.3 is 120 Å². The minimum atomic E-state index is -1.88. The van der Waals surface area contributed by atoms with E-state index in [0.29, 0.717) is 58.7 Å². The molecule has 3 saturated heterocycles. The van der Waals surface area contributed by atoms with Crippen molar-refractivity contribution in [2.24, 2.45) is 23.1 Å². The number of likely N-dealkylation sites (N-methyl/N-ethyl adjacent to an activating group) is 3. The number of hydrogen-bond acceptors (Lipinski definition) is 25. The number of ketones is 1. The largest absolute Gasteiger partial charge is 0.508 e. The number of unbranched alkanes of at least 4 members (excludes halogenated alkanes) is 2. The van der Waals surface area contributed by atoms with E-state index in [0.717, 1.165) is 41.0 Å². The van der Waals surface area contributed by atoms with E-state index in [1.54, 1.807) is 54.0 Å². The molecule has 3 aromatic carbocycles. The number of thiophene rings is 1. The Hall–Kier alpha value is -12.9. The van der Waals surface area contributed by atoms with E-state index < -0.39 is 267 Å². The molecule has 0 bridgehead atoms. The van der Waals surface area contributed by atoms with E-state index in [-0.39, 0.29) is 75.9 Å². The Labute approximate surface area is 775 Å². The third-order valence-electron chi connectivity index (χ3n) is 23.9. The summed E-state index contributed by atoms with van der Waals surface area (Å²) >= 11 is 2.08. The van der Waals surface area contributed by atoms with Crippen LogP contribution in [0, 0.1) is 5.92 Å². The highest BCUT2D eigenvalue weighted by Crippen LogP contribution is 2.32. The maximum Gasteiger partial charge on any atom is 0.303 e. The normalized spacial score (nSPS) is 25.0. The number of carbonyl (C=O) groups is 18. The first-order chi connectivity index (χ1) is 63.4. The van der Waals surface area contributed by atoms with Crippen LogP contribution in [-0.2, 0) is 112 Å². The average molecular weight is 1890 g/mol. The van der Waals surface area contributed by atoms with E-state index in [1.165, 1.54) is 76.2 Å². The number of aromatic hydroxyl groups is 1. The highest BCUT2D eigenvalue weighted by Gasteiger charge is 2.47. The number of amides is 16. The van der Waals surface area contributed by atoms with Crippen molar-refractivity contribution in [3.63, 3.8) is 0 Å². The number of carboxylic acid groups (broad SMARTS) is 1. The number of aliphatic hydroxyl groups is 2. The molecule has 44 heteroatoms. The number of thioether (sulfide) groups is 1. The van der Waals surface area contributed by atoms with Crippen molar-refractivity contribution < 1.29 is 107 Å². The number of H-pyrrole nitrogens is 2. The zero-order chi connectivity index (χ0) is 97.0. The fourth-order valence-corrected chi connectivity index (χ4v) is 18.3. The van der Waals surface area contributed by atoms with Crippen molar-refractivity contribution >= 4 is 150 Å². The van der Waals surface area contributed by atoms with Crippen LogP contribution in [-0.4, -0.2) is 316 Å². The van der Waals surface area contributed by atoms with Gasteiger partial charge in [-0.15, -0.1) is 23.1 Å². The van der Waals surface area contributed by atoms with Crippen LogP contribution in [0.4, 0.5) is 0 Å². The molecule has 3 fully saturated rings. The molecular formula is C89H120N20O22S2. The van der Waals surface area contributed by atoms with Gasteiger partial charge in [0.2, 0.25) is 94.5 Å². The van der Waals surface area contributed by atoms with Gasteiger partial charge in [-0.1, -0.05) is 88.1 Å². The molecule has 0 aliphatic carbocycles. The van der Waals surface area contributed by atoms with Crippen LogP contribution in [0.2, 0.25) is 0 Å². The fraction of sp³-hybridized carbons (Fsp3) is 0.517. The number of nitrogens with one attached hydrogen (secondary N) is 11. The van der Waals surface area contributed by atoms with Crippen LogP contribution < -0.4 is 65.1 Å². The predicted molar refractivity (Wildman–Crippen MR) is 486 cm³/mol. The van der Waals surface area contributed by atoms with E-state index in [1.807, 2.05) is 19.9 Å². The maximum absolute atomic E-state index is 15.7. The second-order valence-electron chi connectivity index (χ2n) is 33.6. The molecule has 3 aliphatic heterocycles. The maximum atomic E-state index is 15.7. The summed E-state index contributed by atoms with van der Waals surface area (Å²) in [6, 6.07) is -1.03. The summed E-state index contributed by atoms with van der Waals surface area (Å²) in [4.78, 5) is 277. The monoisotopic (exact) mass is 1880 g/mol. The second kappa shape index (κ2) is 49.5. The van der Waals surface area contributed by atoms with Gasteiger partial charge in [0, 0.05) is 118 Å². The lowest BCUT2D eigenvalue weighted by molar-refractivity contribution is -0.149. The molecule has 6 heterocycles. The molecule has 15 atom stereocenters. The van der Waals surface area contributed by atoms with Crippen molar-refractivity contribution in [3.05, 3.63) is 119 Å². The Morgan fingerprint density at radius 1 is 0.586 bits per heavy atom. The molecule has 6 aromatic rings. The Morgan fingerprint density at radius 2 is 1.20 bits per heavy atom. The molecule has 0 radical (unpaired) electrons. The van der Waals surface area contributed by atoms with Crippen molar-refractivity contribution in [1.29, 1.82) is 0 Å². The number of aromatic nitrogens is 3. The van der Waals surface area contributed by atoms with E-state index in [9.17, 15) is 68.4 Å². The smallest absolute Gasteiger partial charge is 0.303 e. The van der Waals surface area contributed by atoms with E-state index >= 15 is 38.4 Å². The number of hydrogen-bond donors (Lipinski definition) is 18. The molecule has 133 heavy (non-hydrogen) atoms. The van der Waals surface area contributed by atoms with Crippen LogP contribution >= 0.6 is 23.1 Å². The van der Waals surface area contributed by atoms with Crippen LogP contribution in [0.1, 0.15) is 133 Å². The summed E-state index contributed by atoms with van der Waals surface area (Å²) in [5.41, 5.74) is 19.5. The van der Waals surface area contributed by atoms with Crippen molar-refractivity contribution in [2.75, 3.05) is 65.4 Å². The lowest BCUT2D eigenvalue weighted by atomic mass is 9.90. The van der Waals surface area contributed by atoms with Gasteiger partial charge in [-0.25, -0.2) is 4.98 Å². The Bertz CT molecular complexity index is 5170. The van der Waals surface area contributed by atoms with Crippen molar-refractivity contribution in [3.8, 4) is 5.75 Å². The second-order valence-corrected chi connectivity index (χ2v) is 35.5. The summed E-state index contributed by atoms with van der Waals surface area (Å²) < 4.78 is 0.789. The SMILES string of the molecule is CCCC[C@H]1C(=O)N(C)[C@@H](CCCC)C(=O)N[C@@H](CCN)C(=O)N[C@H](C(=O)NCC(N)=O)CSCC(=O)N[C@@H](Cc2ccc(O)cc2)C(=O)N(C)[C@@H](C)C(=O)N[C@@H](CC(N)=O)C(=O)N2CCC[C@H]2C(=O)N[C@@H](Cc2cnc[nH]2)C(=O)N[C@@H](CCC(=O)O)C(=O)N2C[C@H](O)C[C@H]2C(=O)C[C@@H](Cc2csc3ccccc23)C(=O)N[C@@H](CO)C(=O)N[C@@H](Cc2c[nH]c3ccccc23)C(=O)N1C. The molecule has 9 rings (SSSR count). The van der Waals surface area contributed by atoms with Gasteiger partial charge in [-0.3, -0.25) is 86.3 Å². The number of rotatable bonds is 25. The number of nitrogens with zero attached hydrogens (tertiary/aromatic N) is 6. The molecule has 0 saturated carbocycles. The molecule has 720 valence electrons. The lowest BCUT2D eigenvalue weighted by Crippen LogP contribution is -2.61. The number of carbonyl (C=O) groups excluding carboxylic acids is 17. The van der Waals surface area contributed by atoms with Crippen LogP contribution in [0.3, 0.4) is 0 Å².